The number of benzene rings is 2. The number of rotatable bonds is 10. The minimum Gasteiger partial charge on any atom is -0.494 e. The van der Waals surface area contributed by atoms with E-state index in [1.54, 1.807) is 30.5 Å². The van der Waals surface area contributed by atoms with Gasteiger partial charge in [-0.2, -0.15) is 0 Å². The molecule has 0 bridgehead atoms. The number of hydrogen-bond donors (Lipinski definition) is 0. The van der Waals surface area contributed by atoms with Gasteiger partial charge in [-0.15, -0.1) is 0 Å². The molecule has 0 aliphatic carbocycles. The lowest BCUT2D eigenvalue weighted by atomic mass is 10.0. The van der Waals surface area contributed by atoms with Crippen molar-refractivity contribution < 1.29 is 18.7 Å². The SMILES string of the molecule is CCCCCCOc1ccc(-c2ccc(C(=O)OCc3ccco3)cc2)cc1. The Balaban J connectivity index is 1.52. The fourth-order valence-corrected chi connectivity index (χ4v) is 2.88. The Morgan fingerprint density at radius 2 is 1.61 bits per heavy atom. The van der Waals surface area contributed by atoms with Gasteiger partial charge in [0.2, 0.25) is 0 Å². The highest BCUT2D eigenvalue weighted by Gasteiger charge is 2.09. The Morgan fingerprint density at radius 3 is 2.25 bits per heavy atom. The van der Waals surface area contributed by atoms with Gasteiger partial charge in [0.25, 0.3) is 0 Å². The van der Waals surface area contributed by atoms with Crippen LogP contribution in [0.15, 0.2) is 71.3 Å². The molecule has 1 aromatic heterocycles. The van der Waals surface area contributed by atoms with Crippen LogP contribution in [0, 0.1) is 0 Å². The molecule has 4 nitrogen and oxygen atoms in total. The highest BCUT2D eigenvalue weighted by molar-refractivity contribution is 5.90. The first-order chi connectivity index (χ1) is 13.8. The molecule has 0 saturated heterocycles. The van der Waals surface area contributed by atoms with Gasteiger partial charge < -0.3 is 13.9 Å². The van der Waals surface area contributed by atoms with Gasteiger partial charge in [0.05, 0.1) is 18.4 Å². The molecule has 0 radical (unpaired) electrons. The molecule has 0 atom stereocenters. The minimum atomic E-state index is -0.366. The van der Waals surface area contributed by atoms with E-state index in [1.165, 1.54) is 19.3 Å². The van der Waals surface area contributed by atoms with E-state index in [0.29, 0.717) is 11.3 Å². The monoisotopic (exact) mass is 378 g/mol. The molecule has 1 heterocycles. The van der Waals surface area contributed by atoms with E-state index < -0.39 is 0 Å². The summed E-state index contributed by atoms with van der Waals surface area (Å²) in [5, 5.41) is 0. The van der Waals surface area contributed by atoms with Gasteiger partial charge >= 0.3 is 5.97 Å². The summed E-state index contributed by atoms with van der Waals surface area (Å²) in [6, 6.07) is 19.0. The van der Waals surface area contributed by atoms with E-state index in [1.807, 2.05) is 36.4 Å². The molecule has 0 unspecified atom stereocenters. The number of carbonyl (C=O) groups excluding carboxylic acids is 1. The van der Waals surface area contributed by atoms with Crippen LogP contribution in [0.2, 0.25) is 0 Å². The van der Waals surface area contributed by atoms with Crippen LogP contribution in [0.5, 0.6) is 5.75 Å². The van der Waals surface area contributed by atoms with Crippen molar-refractivity contribution in [3.8, 4) is 16.9 Å². The average molecular weight is 378 g/mol. The van der Waals surface area contributed by atoms with Crippen molar-refractivity contribution in [2.75, 3.05) is 6.61 Å². The fraction of sp³-hybridized carbons (Fsp3) is 0.292. The number of carbonyl (C=O) groups is 1. The first-order valence-electron chi connectivity index (χ1n) is 9.79. The third-order valence-electron chi connectivity index (χ3n) is 4.50. The summed E-state index contributed by atoms with van der Waals surface area (Å²) in [7, 11) is 0. The molecular formula is C24H26O4. The zero-order valence-corrected chi connectivity index (χ0v) is 16.2. The molecule has 4 heteroatoms. The average Bonchev–Trinajstić information content (AvgIpc) is 3.26. The van der Waals surface area contributed by atoms with E-state index >= 15 is 0 Å². The summed E-state index contributed by atoms with van der Waals surface area (Å²) in [5.74, 6) is 1.14. The highest BCUT2D eigenvalue weighted by Crippen LogP contribution is 2.23. The Bertz CT molecular complexity index is 833. The Morgan fingerprint density at radius 1 is 0.893 bits per heavy atom. The Hall–Kier alpha value is -3.01. The van der Waals surface area contributed by atoms with Gasteiger partial charge in [0.15, 0.2) is 0 Å². The molecule has 0 N–H and O–H groups in total. The Labute approximate surface area is 166 Å². The molecule has 0 aliphatic rings. The minimum absolute atomic E-state index is 0.132. The number of hydrogen-bond acceptors (Lipinski definition) is 4. The second kappa shape index (κ2) is 10.4. The van der Waals surface area contributed by atoms with Gasteiger partial charge in [-0.05, 0) is 53.9 Å². The first kappa shape index (κ1) is 19.7. The summed E-state index contributed by atoms with van der Waals surface area (Å²) in [6.45, 7) is 3.09. The molecule has 0 saturated carbocycles. The lowest BCUT2D eigenvalue weighted by molar-refractivity contribution is 0.0445. The Kier molecular flexibility index (Phi) is 7.30. The molecule has 3 rings (SSSR count). The van der Waals surface area contributed by atoms with Gasteiger partial charge in [-0.25, -0.2) is 4.79 Å². The molecule has 3 aromatic rings. The van der Waals surface area contributed by atoms with Crippen molar-refractivity contribution in [1.29, 1.82) is 0 Å². The molecule has 28 heavy (non-hydrogen) atoms. The molecule has 0 aliphatic heterocycles. The topological polar surface area (TPSA) is 48.7 Å². The third-order valence-corrected chi connectivity index (χ3v) is 4.50. The maximum Gasteiger partial charge on any atom is 0.338 e. The summed E-state index contributed by atoms with van der Waals surface area (Å²) >= 11 is 0. The van der Waals surface area contributed by atoms with Crippen LogP contribution in [0.25, 0.3) is 11.1 Å². The van der Waals surface area contributed by atoms with Crippen molar-refractivity contribution in [3.63, 3.8) is 0 Å². The summed E-state index contributed by atoms with van der Waals surface area (Å²) in [4.78, 5) is 12.1. The van der Waals surface area contributed by atoms with Crippen molar-refractivity contribution in [3.05, 3.63) is 78.3 Å². The second-order valence-electron chi connectivity index (χ2n) is 6.67. The van der Waals surface area contributed by atoms with E-state index in [9.17, 15) is 4.79 Å². The maximum absolute atomic E-state index is 12.1. The lowest BCUT2D eigenvalue weighted by Crippen LogP contribution is -2.04. The lowest BCUT2D eigenvalue weighted by Gasteiger charge is -2.08. The predicted octanol–water partition coefficient (Wildman–Crippen LogP) is 6.26. The van der Waals surface area contributed by atoms with Crippen LogP contribution < -0.4 is 4.74 Å². The van der Waals surface area contributed by atoms with Crippen LogP contribution >= 0.6 is 0 Å². The van der Waals surface area contributed by atoms with Crippen molar-refractivity contribution in [1.82, 2.24) is 0 Å². The fourth-order valence-electron chi connectivity index (χ4n) is 2.88. The second-order valence-corrected chi connectivity index (χ2v) is 6.67. The quantitative estimate of drug-likeness (QED) is 0.308. The number of furan rings is 1. The number of esters is 1. The summed E-state index contributed by atoms with van der Waals surface area (Å²) < 4.78 is 16.2. The molecule has 146 valence electrons. The van der Waals surface area contributed by atoms with Gasteiger partial charge in [-0.1, -0.05) is 50.5 Å². The van der Waals surface area contributed by atoms with E-state index in [2.05, 4.69) is 6.92 Å². The van der Waals surface area contributed by atoms with E-state index in [4.69, 9.17) is 13.9 Å². The normalized spacial score (nSPS) is 10.6. The molecule has 2 aromatic carbocycles. The summed E-state index contributed by atoms with van der Waals surface area (Å²) in [5.41, 5.74) is 2.63. The van der Waals surface area contributed by atoms with Gasteiger partial charge in [-0.3, -0.25) is 0 Å². The standard InChI is InChI=1S/C24H26O4/c1-2-3-4-5-16-26-22-14-12-20(13-15-22)19-8-10-21(11-9-19)24(25)28-18-23-7-6-17-27-23/h6-15,17H,2-5,16,18H2,1H3. The zero-order valence-electron chi connectivity index (χ0n) is 16.2. The largest absolute Gasteiger partial charge is 0.494 e. The number of unbranched alkanes of at least 4 members (excludes halogenated alkanes) is 3. The zero-order chi connectivity index (χ0) is 19.6. The van der Waals surface area contributed by atoms with E-state index in [0.717, 1.165) is 29.9 Å². The smallest absolute Gasteiger partial charge is 0.338 e. The van der Waals surface area contributed by atoms with E-state index in [-0.39, 0.29) is 12.6 Å². The van der Waals surface area contributed by atoms with Crippen molar-refractivity contribution >= 4 is 5.97 Å². The maximum atomic E-state index is 12.1. The number of ether oxygens (including phenoxy) is 2. The molecule has 0 spiro atoms. The first-order valence-corrected chi connectivity index (χ1v) is 9.79. The van der Waals surface area contributed by atoms with Gasteiger partial charge in [0, 0.05) is 0 Å². The molecule has 0 fully saturated rings. The predicted molar refractivity (Wildman–Crippen MR) is 109 cm³/mol. The van der Waals surface area contributed by atoms with Crippen LogP contribution in [-0.2, 0) is 11.3 Å². The highest BCUT2D eigenvalue weighted by atomic mass is 16.5. The van der Waals surface area contributed by atoms with Crippen molar-refractivity contribution in [2.24, 2.45) is 0 Å². The molecule has 0 amide bonds. The van der Waals surface area contributed by atoms with Crippen LogP contribution in [0.4, 0.5) is 0 Å². The third kappa shape index (κ3) is 5.74. The van der Waals surface area contributed by atoms with Crippen molar-refractivity contribution in [2.45, 2.75) is 39.2 Å². The van der Waals surface area contributed by atoms with Gasteiger partial charge in [0.1, 0.15) is 18.1 Å². The van der Waals surface area contributed by atoms with Crippen LogP contribution in [0.3, 0.4) is 0 Å². The molecular weight excluding hydrogens is 352 g/mol. The van der Waals surface area contributed by atoms with Crippen LogP contribution in [-0.4, -0.2) is 12.6 Å². The van der Waals surface area contributed by atoms with Crippen LogP contribution in [0.1, 0.15) is 48.7 Å². The summed E-state index contributed by atoms with van der Waals surface area (Å²) in [6.07, 6.45) is 6.35.